The van der Waals surface area contributed by atoms with Gasteiger partial charge >= 0.3 is 0 Å². The molecule has 29 heavy (non-hydrogen) atoms. The number of carbonyl (C=O) groups excluding carboxylic acids is 1. The van der Waals surface area contributed by atoms with Crippen molar-refractivity contribution in [3.63, 3.8) is 0 Å². The predicted molar refractivity (Wildman–Crippen MR) is 119 cm³/mol. The number of carbonyl (C=O) groups is 1. The van der Waals surface area contributed by atoms with Gasteiger partial charge in [-0.25, -0.2) is 8.42 Å². The first-order valence-electron chi connectivity index (χ1n) is 9.38. The molecule has 1 N–H and O–H groups in total. The Morgan fingerprint density at radius 1 is 1.17 bits per heavy atom. The van der Waals surface area contributed by atoms with Crippen molar-refractivity contribution in [1.29, 1.82) is 0 Å². The Hall–Kier alpha value is -2.25. The molecule has 0 saturated carbocycles. The largest absolute Gasteiger partial charge is 0.495 e. The highest BCUT2D eigenvalue weighted by Crippen LogP contribution is 2.34. The maximum absolute atomic E-state index is 13.1. The van der Waals surface area contributed by atoms with Gasteiger partial charge in [0.15, 0.2) is 0 Å². The van der Waals surface area contributed by atoms with Crippen molar-refractivity contribution >= 4 is 38.9 Å². The third-order valence-corrected chi connectivity index (χ3v) is 6.18. The molecule has 0 aromatic heterocycles. The summed E-state index contributed by atoms with van der Waals surface area (Å²) in [4.78, 5) is 13.1. The number of amides is 1. The zero-order valence-electron chi connectivity index (χ0n) is 17.3. The van der Waals surface area contributed by atoms with Crippen molar-refractivity contribution in [2.45, 2.75) is 39.7 Å². The Balaban J connectivity index is 2.48. The van der Waals surface area contributed by atoms with Crippen LogP contribution in [0.2, 0.25) is 5.02 Å². The summed E-state index contributed by atoms with van der Waals surface area (Å²) >= 11 is 6.08. The second-order valence-electron chi connectivity index (χ2n) is 6.70. The molecule has 0 aliphatic heterocycles. The number of sulfonamides is 1. The van der Waals surface area contributed by atoms with E-state index in [2.05, 4.69) is 5.32 Å². The molecule has 0 aliphatic rings. The topological polar surface area (TPSA) is 75.7 Å². The Morgan fingerprint density at radius 2 is 1.76 bits per heavy atom. The maximum atomic E-state index is 13.1. The number of ether oxygens (including phenoxy) is 1. The highest BCUT2D eigenvalue weighted by atomic mass is 35.5. The van der Waals surface area contributed by atoms with Crippen molar-refractivity contribution in [2.75, 3.05) is 23.0 Å². The van der Waals surface area contributed by atoms with Crippen molar-refractivity contribution in [3.05, 3.63) is 52.5 Å². The number of nitrogens with zero attached hydrogens (tertiary/aromatic N) is 1. The molecule has 1 amide bonds. The number of anilines is 2. The molecule has 0 unspecified atom stereocenters. The molecule has 0 aliphatic carbocycles. The van der Waals surface area contributed by atoms with Crippen LogP contribution < -0.4 is 14.4 Å². The van der Waals surface area contributed by atoms with Crippen LogP contribution in [0.1, 0.15) is 31.9 Å². The van der Waals surface area contributed by atoms with Crippen LogP contribution in [-0.4, -0.2) is 33.7 Å². The molecule has 1 atom stereocenters. The summed E-state index contributed by atoms with van der Waals surface area (Å²) in [5.74, 6) is -0.129. The molecule has 0 spiro atoms. The third-order valence-electron chi connectivity index (χ3n) is 4.71. The van der Waals surface area contributed by atoms with Crippen LogP contribution in [0.3, 0.4) is 0 Å². The zero-order valence-corrected chi connectivity index (χ0v) is 18.9. The lowest BCUT2D eigenvalue weighted by Crippen LogP contribution is -2.45. The van der Waals surface area contributed by atoms with Gasteiger partial charge in [-0.05, 0) is 49.1 Å². The van der Waals surface area contributed by atoms with Gasteiger partial charge in [-0.2, -0.15) is 0 Å². The minimum atomic E-state index is -3.80. The standard InChI is InChI=1S/C21H27ClN2O4S/c1-6-15-9-8-10-16(7-2)20(15)23-21(25)14(3)24(29(5,26)27)18-13-17(22)11-12-19(18)28-4/h8-14H,6-7H2,1-5H3,(H,23,25)/t14-/m0/s1. The smallest absolute Gasteiger partial charge is 0.248 e. The molecule has 8 heteroatoms. The number of halogens is 1. The number of para-hydroxylation sites is 1. The van der Waals surface area contributed by atoms with Gasteiger partial charge < -0.3 is 10.1 Å². The van der Waals surface area contributed by atoms with Crippen molar-refractivity contribution in [2.24, 2.45) is 0 Å². The minimum Gasteiger partial charge on any atom is -0.495 e. The molecule has 158 valence electrons. The number of hydrogen-bond donors (Lipinski definition) is 1. The van der Waals surface area contributed by atoms with E-state index in [1.165, 1.54) is 20.1 Å². The first-order chi connectivity index (χ1) is 13.6. The summed E-state index contributed by atoms with van der Waals surface area (Å²) in [6, 6.07) is 9.48. The Kier molecular flexibility index (Phi) is 7.54. The fraction of sp³-hybridized carbons (Fsp3) is 0.381. The molecule has 6 nitrogen and oxygen atoms in total. The molecular formula is C21H27ClN2O4S. The number of hydrogen-bond acceptors (Lipinski definition) is 4. The van der Waals surface area contributed by atoms with E-state index in [0.29, 0.717) is 10.8 Å². The molecule has 0 saturated heterocycles. The lowest BCUT2D eigenvalue weighted by atomic mass is 10.0. The van der Waals surface area contributed by atoms with Crippen LogP contribution >= 0.6 is 11.6 Å². The summed E-state index contributed by atoms with van der Waals surface area (Å²) in [5.41, 5.74) is 2.94. The molecule has 2 rings (SSSR count). The van der Waals surface area contributed by atoms with Crippen LogP contribution in [-0.2, 0) is 27.7 Å². The van der Waals surface area contributed by atoms with Crippen LogP contribution in [0, 0.1) is 0 Å². The summed E-state index contributed by atoms with van der Waals surface area (Å²) in [5, 5.41) is 3.28. The van der Waals surface area contributed by atoms with Gasteiger partial charge in [0.05, 0.1) is 19.1 Å². The first-order valence-corrected chi connectivity index (χ1v) is 11.6. The van der Waals surface area contributed by atoms with Gasteiger partial charge in [-0.1, -0.05) is 43.6 Å². The van der Waals surface area contributed by atoms with E-state index in [1.54, 1.807) is 12.1 Å². The monoisotopic (exact) mass is 438 g/mol. The van der Waals surface area contributed by atoms with E-state index in [-0.39, 0.29) is 5.69 Å². The van der Waals surface area contributed by atoms with Gasteiger partial charge in [-0.3, -0.25) is 9.10 Å². The van der Waals surface area contributed by atoms with E-state index < -0.39 is 22.0 Å². The van der Waals surface area contributed by atoms with E-state index in [1.807, 2.05) is 32.0 Å². The van der Waals surface area contributed by atoms with Crippen molar-refractivity contribution < 1.29 is 17.9 Å². The highest BCUT2D eigenvalue weighted by molar-refractivity contribution is 7.92. The zero-order chi connectivity index (χ0) is 21.8. The summed E-state index contributed by atoms with van der Waals surface area (Å²) in [6.07, 6.45) is 2.54. The average molecular weight is 439 g/mol. The quantitative estimate of drug-likeness (QED) is 0.667. The normalized spacial score (nSPS) is 12.3. The maximum Gasteiger partial charge on any atom is 0.248 e. The number of rotatable bonds is 8. The Labute approximate surface area is 177 Å². The molecule has 0 heterocycles. The van der Waals surface area contributed by atoms with Crippen LogP contribution in [0.5, 0.6) is 5.75 Å². The molecule has 2 aromatic rings. The predicted octanol–water partition coefficient (Wildman–Crippen LogP) is 4.27. The second-order valence-corrected chi connectivity index (χ2v) is 8.99. The fourth-order valence-corrected chi connectivity index (χ4v) is 4.58. The number of aryl methyl sites for hydroxylation is 2. The average Bonchev–Trinajstić information content (AvgIpc) is 2.67. The van der Waals surface area contributed by atoms with Crippen LogP contribution in [0.4, 0.5) is 11.4 Å². The molecule has 0 radical (unpaired) electrons. The number of methoxy groups -OCH3 is 1. The molecular weight excluding hydrogens is 412 g/mol. The van der Waals surface area contributed by atoms with Crippen molar-refractivity contribution in [1.82, 2.24) is 0 Å². The lowest BCUT2D eigenvalue weighted by molar-refractivity contribution is -0.116. The van der Waals surface area contributed by atoms with E-state index in [4.69, 9.17) is 16.3 Å². The minimum absolute atomic E-state index is 0.213. The molecule has 2 aromatic carbocycles. The lowest BCUT2D eigenvalue weighted by Gasteiger charge is -2.30. The second kappa shape index (κ2) is 9.50. The Morgan fingerprint density at radius 3 is 2.24 bits per heavy atom. The summed E-state index contributed by atoms with van der Waals surface area (Å²) < 4.78 is 31.5. The summed E-state index contributed by atoms with van der Waals surface area (Å²) in [7, 11) is -2.37. The number of benzene rings is 2. The third kappa shape index (κ3) is 5.22. The highest BCUT2D eigenvalue weighted by Gasteiger charge is 2.32. The Bertz CT molecular complexity index is 970. The van der Waals surface area contributed by atoms with E-state index >= 15 is 0 Å². The first kappa shape index (κ1) is 23.0. The summed E-state index contributed by atoms with van der Waals surface area (Å²) in [6.45, 7) is 5.55. The molecule has 0 fully saturated rings. The van der Waals surface area contributed by atoms with Gasteiger partial charge in [0.2, 0.25) is 15.9 Å². The van der Waals surface area contributed by atoms with Gasteiger partial charge in [0.1, 0.15) is 11.8 Å². The van der Waals surface area contributed by atoms with Crippen molar-refractivity contribution in [3.8, 4) is 5.75 Å². The van der Waals surface area contributed by atoms with E-state index in [0.717, 1.165) is 40.2 Å². The number of nitrogens with one attached hydrogen (secondary N) is 1. The van der Waals surface area contributed by atoms with Crippen LogP contribution in [0.25, 0.3) is 0 Å². The van der Waals surface area contributed by atoms with Gasteiger partial charge in [-0.15, -0.1) is 0 Å². The van der Waals surface area contributed by atoms with Gasteiger partial charge in [0.25, 0.3) is 0 Å². The van der Waals surface area contributed by atoms with E-state index in [9.17, 15) is 13.2 Å². The molecule has 0 bridgehead atoms. The fourth-order valence-electron chi connectivity index (χ4n) is 3.25. The van der Waals surface area contributed by atoms with Gasteiger partial charge in [0, 0.05) is 10.7 Å². The SMILES string of the molecule is CCc1cccc(CC)c1NC(=O)[C@H](C)N(c1cc(Cl)ccc1OC)S(C)(=O)=O. The van der Waals surface area contributed by atoms with Crippen LogP contribution in [0.15, 0.2) is 36.4 Å².